The number of rotatable bonds is 3. The Hall–Kier alpha value is -2.99. The molecule has 26 heavy (non-hydrogen) atoms. The minimum Gasteiger partial charge on any atom is -0.273 e. The maximum absolute atomic E-state index is 12.4. The predicted molar refractivity (Wildman–Crippen MR) is 107 cm³/mol. The number of amides is 1. The van der Waals surface area contributed by atoms with Gasteiger partial charge in [-0.15, -0.1) is 0 Å². The molecule has 0 saturated carbocycles. The SMILES string of the molecule is Cc1cc(C)c2sc(NNC(=O)c3ccc4nc(C)ccc4c3)nc2c1. The number of nitrogens with one attached hydrogen (secondary N) is 2. The summed E-state index contributed by atoms with van der Waals surface area (Å²) in [5.41, 5.74) is 11.4. The quantitative estimate of drug-likeness (QED) is 0.526. The van der Waals surface area contributed by atoms with E-state index in [1.165, 1.54) is 22.5 Å². The lowest BCUT2D eigenvalue weighted by Crippen LogP contribution is -2.29. The second kappa shape index (κ2) is 6.38. The number of hydrogen-bond donors (Lipinski definition) is 2. The van der Waals surface area contributed by atoms with Crippen LogP contribution in [0.4, 0.5) is 5.13 Å². The monoisotopic (exact) mass is 362 g/mol. The lowest BCUT2D eigenvalue weighted by atomic mass is 10.1. The van der Waals surface area contributed by atoms with Crippen LogP contribution in [0.15, 0.2) is 42.5 Å². The molecule has 4 rings (SSSR count). The summed E-state index contributed by atoms with van der Waals surface area (Å²) in [5, 5.41) is 1.61. The normalized spacial score (nSPS) is 11.0. The van der Waals surface area contributed by atoms with Crippen molar-refractivity contribution in [3.63, 3.8) is 0 Å². The topological polar surface area (TPSA) is 66.9 Å². The number of anilines is 1. The van der Waals surface area contributed by atoms with Crippen LogP contribution in [-0.2, 0) is 0 Å². The fourth-order valence-corrected chi connectivity index (χ4v) is 3.85. The minimum atomic E-state index is -0.209. The third kappa shape index (κ3) is 3.11. The van der Waals surface area contributed by atoms with Crippen molar-refractivity contribution >= 4 is 43.5 Å². The fourth-order valence-electron chi connectivity index (χ4n) is 2.98. The molecule has 5 nitrogen and oxygen atoms in total. The maximum Gasteiger partial charge on any atom is 0.269 e. The highest BCUT2D eigenvalue weighted by Crippen LogP contribution is 2.29. The third-order valence-electron chi connectivity index (χ3n) is 4.19. The summed E-state index contributed by atoms with van der Waals surface area (Å²) in [4.78, 5) is 21.4. The van der Waals surface area contributed by atoms with E-state index in [0.29, 0.717) is 10.7 Å². The average Bonchev–Trinajstić information content (AvgIpc) is 3.02. The molecule has 4 aromatic rings. The van der Waals surface area contributed by atoms with Gasteiger partial charge in [0.15, 0.2) is 0 Å². The van der Waals surface area contributed by atoms with Crippen molar-refractivity contribution in [2.24, 2.45) is 0 Å². The highest BCUT2D eigenvalue weighted by molar-refractivity contribution is 7.22. The van der Waals surface area contributed by atoms with Crippen LogP contribution in [0, 0.1) is 20.8 Å². The van der Waals surface area contributed by atoms with Crippen molar-refractivity contribution in [2.45, 2.75) is 20.8 Å². The molecule has 2 aromatic heterocycles. The number of aryl methyl sites for hydroxylation is 3. The summed E-state index contributed by atoms with van der Waals surface area (Å²) in [7, 11) is 0. The first-order valence-electron chi connectivity index (χ1n) is 8.31. The standard InChI is InChI=1S/C20H18N4OS/c1-11-8-12(2)18-17(9-11)22-20(26-18)24-23-19(25)15-6-7-16-14(10-15)5-4-13(3)21-16/h4-10H,1-3H3,(H,22,24)(H,23,25). The fraction of sp³-hybridized carbons (Fsp3) is 0.150. The van der Waals surface area contributed by atoms with E-state index in [9.17, 15) is 4.79 Å². The van der Waals surface area contributed by atoms with Gasteiger partial charge < -0.3 is 0 Å². The van der Waals surface area contributed by atoms with Gasteiger partial charge in [-0.3, -0.25) is 20.6 Å². The Morgan fingerprint density at radius 2 is 1.81 bits per heavy atom. The van der Waals surface area contributed by atoms with Gasteiger partial charge in [0.1, 0.15) is 0 Å². The molecule has 0 atom stereocenters. The van der Waals surface area contributed by atoms with Gasteiger partial charge in [0.25, 0.3) is 5.91 Å². The van der Waals surface area contributed by atoms with Crippen molar-refractivity contribution in [1.29, 1.82) is 0 Å². The lowest BCUT2D eigenvalue weighted by Gasteiger charge is -2.06. The van der Waals surface area contributed by atoms with Crippen LogP contribution in [0.25, 0.3) is 21.1 Å². The molecule has 130 valence electrons. The smallest absolute Gasteiger partial charge is 0.269 e. The molecule has 0 aliphatic rings. The molecule has 6 heteroatoms. The van der Waals surface area contributed by atoms with E-state index in [1.807, 2.05) is 37.3 Å². The molecule has 2 heterocycles. The van der Waals surface area contributed by atoms with Crippen molar-refractivity contribution in [3.05, 3.63) is 64.8 Å². The zero-order valence-corrected chi connectivity index (χ0v) is 15.6. The summed E-state index contributed by atoms with van der Waals surface area (Å²) < 4.78 is 1.12. The summed E-state index contributed by atoms with van der Waals surface area (Å²) in [6.45, 7) is 6.07. The first-order valence-corrected chi connectivity index (χ1v) is 9.13. The van der Waals surface area contributed by atoms with Crippen LogP contribution >= 0.6 is 11.3 Å². The number of nitrogens with zero attached hydrogens (tertiary/aromatic N) is 2. The number of hydrazine groups is 1. The number of carbonyl (C=O) groups is 1. The Morgan fingerprint density at radius 3 is 2.65 bits per heavy atom. The van der Waals surface area contributed by atoms with Crippen LogP contribution in [0.3, 0.4) is 0 Å². The predicted octanol–water partition coefficient (Wildman–Crippen LogP) is 4.53. The van der Waals surface area contributed by atoms with Crippen LogP contribution in [0.2, 0.25) is 0 Å². The lowest BCUT2D eigenvalue weighted by molar-refractivity contribution is 0.0963. The zero-order chi connectivity index (χ0) is 18.3. The Bertz CT molecular complexity index is 1150. The molecule has 0 unspecified atom stereocenters. The summed E-state index contributed by atoms with van der Waals surface area (Å²) in [6, 6.07) is 13.6. The molecule has 0 saturated heterocycles. The van der Waals surface area contributed by atoms with Gasteiger partial charge in [-0.25, -0.2) is 4.98 Å². The summed E-state index contributed by atoms with van der Waals surface area (Å²) in [5.74, 6) is -0.209. The minimum absolute atomic E-state index is 0.209. The average molecular weight is 362 g/mol. The molecule has 0 spiro atoms. The molecule has 0 bridgehead atoms. The molecule has 1 amide bonds. The molecule has 0 fully saturated rings. The number of pyridine rings is 1. The molecular formula is C20H18N4OS. The van der Waals surface area contributed by atoms with Gasteiger partial charge in [0.2, 0.25) is 5.13 Å². The maximum atomic E-state index is 12.4. The van der Waals surface area contributed by atoms with E-state index >= 15 is 0 Å². The Morgan fingerprint density at radius 1 is 0.962 bits per heavy atom. The van der Waals surface area contributed by atoms with Crippen LogP contribution in [-0.4, -0.2) is 15.9 Å². The number of thiazole rings is 1. The van der Waals surface area contributed by atoms with E-state index in [-0.39, 0.29) is 5.91 Å². The third-order valence-corrected chi connectivity index (χ3v) is 5.32. The van der Waals surface area contributed by atoms with Crippen molar-refractivity contribution < 1.29 is 4.79 Å². The van der Waals surface area contributed by atoms with Gasteiger partial charge in [-0.05, 0) is 62.2 Å². The van der Waals surface area contributed by atoms with E-state index in [2.05, 4.69) is 40.7 Å². The Labute approximate surface area is 155 Å². The molecular weight excluding hydrogens is 344 g/mol. The van der Waals surface area contributed by atoms with E-state index < -0.39 is 0 Å². The molecule has 0 radical (unpaired) electrons. The summed E-state index contributed by atoms with van der Waals surface area (Å²) >= 11 is 1.53. The number of hydrogen-bond acceptors (Lipinski definition) is 5. The van der Waals surface area contributed by atoms with Crippen LogP contribution in [0.1, 0.15) is 27.2 Å². The van der Waals surface area contributed by atoms with Gasteiger partial charge >= 0.3 is 0 Å². The van der Waals surface area contributed by atoms with Crippen LogP contribution < -0.4 is 10.9 Å². The second-order valence-corrected chi connectivity index (χ2v) is 7.39. The number of aromatic nitrogens is 2. The van der Waals surface area contributed by atoms with Gasteiger partial charge in [-0.2, -0.15) is 0 Å². The molecule has 2 aromatic carbocycles. The highest BCUT2D eigenvalue weighted by atomic mass is 32.1. The van der Waals surface area contributed by atoms with E-state index in [1.54, 1.807) is 6.07 Å². The molecule has 0 aliphatic heterocycles. The van der Waals surface area contributed by atoms with Crippen molar-refractivity contribution in [1.82, 2.24) is 15.4 Å². The van der Waals surface area contributed by atoms with E-state index in [0.717, 1.165) is 26.8 Å². The van der Waals surface area contributed by atoms with Gasteiger partial charge in [-0.1, -0.05) is 23.5 Å². The van der Waals surface area contributed by atoms with Crippen LogP contribution in [0.5, 0.6) is 0 Å². The number of carbonyl (C=O) groups excluding carboxylic acids is 1. The number of fused-ring (bicyclic) bond motifs is 2. The largest absolute Gasteiger partial charge is 0.273 e. The van der Waals surface area contributed by atoms with Gasteiger partial charge in [0.05, 0.1) is 15.7 Å². The zero-order valence-electron chi connectivity index (χ0n) is 14.8. The first kappa shape index (κ1) is 16.5. The Kier molecular flexibility index (Phi) is 4.05. The van der Waals surface area contributed by atoms with E-state index in [4.69, 9.17) is 0 Å². The number of benzene rings is 2. The molecule has 0 aliphatic carbocycles. The first-order chi connectivity index (χ1) is 12.5. The highest BCUT2D eigenvalue weighted by Gasteiger charge is 2.10. The molecule has 2 N–H and O–H groups in total. The van der Waals surface area contributed by atoms with Crippen molar-refractivity contribution in [2.75, 3.05) is 5.43 Å². The Balaban J connectivity index is 1.53. The second-order valence-electron chi connectivity index (χ2n) is 6.39. The summed E-state index contributed by atoms with van der Waals surface area (Å²) in [6.07, 6.45) is 0. The van der Waals surface area contributed by atoms with Gasteiger partial charge in [0, 0.05) is 16.6 Å². The van der Waals surface area contributed by atoms with Crippen molar-refractivity contribution in [3.8, 4) is 0 Å².